The molecular formula is C18H24F2N2O2. The highest BCUT2D eigenvalue weighted by molar-refractivity contribution is 5.86. The van der Waals surface area contributed by atoms with Crippen LogP contribution in [-0.4, -0.2) is 18.9 Å². The van der Waals surface area contributed by atoms with Gasteiger partial charge < -0.3 is 11.1 Å². The Morgan fingerprint density at radius 3 is 2.29 bits per heavy atom. The molecule has 1 aromatic carbocycles. The molecule has 132 valence electrons. The van der Waals surface area contributed by atoms with E-state index in [1.165, 1.54) is 19.2 Å². The van der Waals surface area contributed by atoms with Crippen LogP contribution in [0.5, 0.6) is 0 Å². The highest BCUT2D eigenvalue weighted by atomic mass is 19.1. The van der Waals surface area contributed by atoms with E-state index in [0.29, 0.717) is 30.7 Å². The summed E-state index contributed by atoms with van der Waals surface area (Å²) in [6.07, 6.45) is 4.49. The van der Waals surface area contributed by atoms with E-state index in [-0.39, 0.29) is 5.91 Å². The number of benzene rings is 1. The van der Waals surface area contributed by atoms with Gasteiger partial charge in [-0.25, -0.2) is 8.78 Å². The molecule has 4 nitrogen and oxygen atoms in total. The lowest BCUT2D eigenvalue weighted by molar-refractivity contribution is -0.134. The van der Waals surface area contributed by atoms with E-state index in [1.807, 2.05) is 0 Å². The average molecular weight is 338 g/mol. The van der Waals surface area contributed by atoms with E-state index in [9.17, 15) is 18.4 Å². The molecule has 0 aromatic heterocycles. The Kier molecular flexibility index (Phi) is 6.29. The highest BCUT2D eigenvalue weighted by Gasteiger charge is 2.35. The second-order valence-corrected chi connectivity index (χ2v) is 6.58. The van der Waals surface area contributed by atoms with E-state index < -0.39 is 29.4 Å². The number of primary amides is 1. The van der Waals surface area contributed by atoms with Crippen LogP contribution in [0.4, 0.5) is 8.78 Å². The van der Waals surface area contributed by atoms with E-state index in [2.05, 4.69) is 5.32 Å². The average Bonchev–Trinajstić information content (AvgIpc) is 2.46. The summed E-state index contributed by atoms with van der Waals surface area (Å²) in [6.45, 7) is 0. The van der Waals surface area contributed by atoms with Gasteiger partial charge in [0.05, 0.1) is 0 Å². The summed E-state index contributed by atoms with van der Waals surface area (Å²) >= 11 is 0. The first-order valence-electron chi connectivity index (χ1n) is 8.36. The molecule has 0 bridgehead atoms. The van der Waals surface area contributed by atoms with Gasteiger partial charge >= 0.3 is 0 Å². The molecule has 3 N–H and O–H groups in total. The lowest BCUT2D eigenvalue weighted by Crippen LogP contribution is -2.41. The van der Waals surface area contributed by atoms with Crippen molar-refractivity contribution in [2.75, 3.05) is 7.05 Å². The molecule has 2 atom stereocenters. The number of carbonyl (C=O) groups excluding carboxylic acids is 2. The number of hydrogen-bond donors (Lipinski definition) is 2. The molecule has 0 spiro atoms. The SMILES string of the molecule is CNC(=O)C(CC1CCC1)[C@H](CCc1cc(F)cc(F)c1)C(N)=O. The summed E-state index contributed by atoms with van der Waals surface area (Å²) in [5.41, 5.74) is 5.98. The van der Waals surface area contributed by atoms with E-state index in [4.69, 9.17) is 5.73 Å². The molecule has 1 unspecified atom stereocenters. The Bertz CT molecular complexity index is 582. The molecule has 1 aliphatic carbocycles. The number of amides is 2. The van der Waals surface area contributed by atoms with E-state index in [1.54, 1.807) is 0 Å². The van der Waals surface area contributed by atoms with Crippen molar-refractivity contribution in [1.29, 1.82) is 0 Å². The minimum Gasteiger partial charge on any atom is -0.369 e. The van der Waals surface area contributed by atoms with Crippen LogP contribution in [0.1, 0.15) is 37.7 Å². The first-order valence-corrected chi connectivity index (χ1v) is 8.36. The van der Waals surface area contributed by atoms with Crippen LogP contribution >= 0.6 is 0 Å². The number of nitrogens with two attached hydrogens (primary N) is 1. The number of nitrogens with one attached hydrogen (secondary N) is 1. The van der Waals surface area contributed by atoms with E-state index in [0.717, 1.165) is 25.3 Å². The molecule has 2 amide bonds. The summed E-state index contributed by atoms with van der Waals surface area (Å²) in [5.74, 6) is -2.74. The van der Waals surface area contributed by atoms with Gasteiger partial charge in [0, 0.05) is 24.9 Å². The molecule has 1 fully saturated rings. The highest BCUT2D eigenvalue weighted by Crippen LogP contribution is 2.35. The molecule has 24 heavy (non-hydrogen) atoms. The molecule has 1 aromatic rings. The predicted molar refractivity (Wildman–Crippen MR) is 86.9 cm³/mol. The zero-order valence-corrected chi connectivity index (χ0v) is 13.9. The zero-order chi connectivity index (χ0) is 17.7. The van der Waals surface area contributed by atoms with Crippen molar-refractivity contribution in [2.45, 2.75) is 38.5 Å². The van der Waals surface area contributed by atoms with Crippen molar-refractivity contribution in [2.24, 2.45) is 23.5 Å². The van der Waals surface area contributed by atoms with Gasteiger partial charge in [0.25, 0.3) is 0 Å². The van der Waals surface area contributed by atoms with Crippen LogP contribution < -0.4 is 11.1 Å². The van der Waals surface area contributed by atoms with Gasteiger partial charge in [0.1, 0.15) is 11.6 Å². The second-order valence-electron chi connectivity index (χ2n) is 6.58. The summed E-state index contributed by atoms with van der Waals surface area (Å²) in [7, 11) is 1.54. The summed E-state index contributed by atoms with van der Waals surface area (Å²) < 4.78 is 26.6. The van der Waals surface area contributed by atoms with Gasteiger partial charge in [-0.2, -0.15) is 0 Å². The molecule has 6 heteroatoms. The van der Waals surface area contributed by atoms with Gasteiger partial charge in [0.2, 0.25) is 11.8 Å². The first kappa shape index (κ1) is 18.4. The Labute approximate surface area is 140 Å². The van der Waals surface area contributed by atoms with Crippen molar-refractivity contribution in [1.82, 2.24) is 5.32 Å². The Hall–Kier alpha value is -1.98. The minimum absolute atomic E-state index is 0.198. The molecular weight excluding hydrogens is 314 g/mol. The van der Waals surface area contributed by atoms with Crippen molar-refractivity contribution >= 4 is 11.8 Å². The van der Waals surface area contributed by atoms with Gasteiger partial charge in [0.15, 0.2) is 0 Å². The van der Waals surface area contributed by atoms with E-state index >= 15 is 0 Å². The maximum Gasteiger partial charge on any atom is 0.223 e. The van der Waals surface area contributed by atoms with Crippen molar-refractivity contribution in [3.8, 4) is 0 Å². The fraction of sp³-hybridized carbons (Fsp3) is 0.556. The third kappa shape index (κ3) is 4.76. The van der Waals surface area contributed by atoms with Gasteiger partial charge in [-0.05, 0) is 42.9 Å². The van der Waals surface area contributed by atoms with Crippen molar-refractivity contribution < 1.29 is 18.4 Å². The van der Waals surface area contributed by atoms with Crippen LogP contribution in [0.2, 0.25) is 0 Å². The molecule has 2 rings (SSSR count). The Balaban J connectivity index is 2.09. The molecule has 1 aliphatic rings. The summed E-state index contributed by atoms with van der Waals surface area (Å²) in [5, 5.41) is 2.60. The largest absolute Gasteiger partial charge is 0.369 e. The topological polar surface area (TPSA) is 72.2 Å². The number of hydrogen-bond acceptors (Lipinski definition) is 2. The molecule has 1 saturated carbocycles. The van der Waals surface area contributed by atoms with Crippen LogP contribution in [0.3, 0.4) is 0 Å². The van der Waals surface area contributed by atoms with Crippen molar-refractivity contribution in [3.05, 3.63) is 35.4 Å². The number of halogens is 2. The number of carbonyl (C=O) groups is 2. The maximum atomic E-state index is 13.3. The van der Waals surface area contributed by atoms with Crippen LogP contribution in [0.15, 0.2) is 18.2 Å². The van der Waals surface area contributed by atoms with Gasteiger partial charge in [-0.1, -0.05) is 19.3 Å². The summed E-state index contributed by atoms with van der Waals surface area (Å²) in [4.78, 5) is 24.1. The Morgan fingerprint density at radius 1 is 1.21 bits per heavy atom. The third-order valence-corrected chi connectivity index (χ3v) is 4.91. The first-order chi connectivity index (χ1) is 11.4. The second kappa shape index (κ2) is 8.22. The minimum atomic E-state index is -0.655. The van der Waals surface area contributed by atoms with Crippen LogP contribution in [-0.2, 0) is 16.0 Å². The van der Waals surface area contributed by atoms with Gasteiger partial charge in [-0.3, -0.25) is 9.59 Å². The van der Waals surface area contributed by atoms with Crippen LogP contribution in [0, 0.1) is 29.4 Å². The predicted octanol–water partition coefficient (Wildman–Crippen LogP) is 2.55. The normalized spacial score (nSPS) is 17.0. The lowest BCUT2D eigenvalue weighted by Gasteiger charge is -2.32. The Morgan fingerprint density at radius 2 is 1.83 bits per heavy atom. The lowest BCUT2D eigenvalue weighted by atomic mass is 9.73. The summed E-state index contributed by atoms with van der Waals surface area (Å²) in [6, 6.07) is 3.28. The van der Waals surface area contributed by atoms with Gasteiger partial charge in [-0.15, -0.1) is 0 Å². The smallest absolute Gasteiger partial charge is 0.223 e. The van der Waals surface area contributed by atoms with Crippen molar-refractivity contribution in [3.63, 3.8) is 0 Å². The maximum absolute atomic E-state index is 13.3. The number of aryl methyl sites for hydroxylation is 1. The quantitative estimate of drug-likeness (QED) is 0.764. The fourth-order valence-electron chi connectivity index (χ4n) is 3.35. The molecule has 0 heterocycles. The third-order valence-electron chi connectivity index (χ3n) is 4.91. The number of rotatable bonds is 8. The molecule has 0 saturated heterocycles. The monoisotopic (exact) mass is 338 g/mol. The fourth-order valence-corrected chi connectivity index (χ4v) is 3.35. The molecule has 0 aliphatic heterocycles. The zero-order valence-electron chi connectivity index (χ0n) is 13.9. The van der Waals surface area contributed by atoms with Crippen LogP contribution in [0.25, 0.3) is 0 Å². The standard InChI is InChI=1S/C18H24F2N2O2/c1-22-18(24)16(9-11-3-2-4-11)15(17(21)23)6-5-12-7-13(19)10-14(20)8-12/h7-8,10-11,15-16H,2-6,9H2,1H3,(H2,21,23)(H,22,24)/t15-,16?/m0/s1. The molecule has 0 radical (unpaired) electrons.